The lowest BCUT2D eigenvalue weighted by Crippen LogP contribution is -2.46. The van der Waals surface area contributed by atoms with Crippen LogP contribution in [-0.4, -0.2) is 58.2 Å². The third-order valence-corrected chi connectivity index (χ3v) is 6.47. The summed E-state index contributed by atoms with van der Waals surface area (Å²) in [4.78, 5) is 25.8. The maximum absolute atomic E-state index is 12.8. The largest absolute Gasteiger partial charge is 0.494 e. The molecule has 0 radical (unpaired) electrons. The quantitative estimate of drug-likeness (QED) is 0.655. The second-order valence-electron chi connectivity index (χ2n) is 7.30. The number of carbonyl (C=O) groups excluding carboxylic acids is 2. The van der Waals surface area contributed by atoms with E-state index < -0.39 is 10.0 Å². The number of amides is 2. The molecule has 1 aliphatic rings. The average Bonchev–Trinajstić information content (AvgIpc) is 2.80. The van der Waals surface area contributed by atoms with Gasteiger partial charge in [0.25, 0.3) is 15.9 Å². The number of piperidine rings is 1. The highest BCUT2D eigenvalue weighted by Gasteiger charge is 2.25. The molecule has 9 nitrogen and oxygen atoms in total. The molecule has 0 spiro atoms. The van der Waals surface area contributed by atoms with Crippen molar-refractivity contribution >= 4 is 27.7 Å². The molecular weight excluding hydrogens is 434 g/mol. The van der Waals surface area contributed by atoms with E-state index in [-0.39, 0.29) is 28.5 Å². The van der Waals surface area contributed by atoms with Crippen molar-refractivity contribution in [1.29, 1.82) is 0 Å². The zero-order chi connectivity index (χ0) is 23.1. The number of benzene rings is 2. The van der Waals surface area contributed by atoms with Crippen LogP contribution in [0, 0.1) is 0 Å². The van der Waals surface area contributed by atoms with Crippen molar-refractivity contribution in [1.82, 2.24) is 10.2 Å². The molecule has 2 aromatic rings. The Bertz CT molecular complexity index is 1050. The molecule has 2 N–H and O–H groups in total. The third kappa shape index (κ3) is 5.91. The van der Waals surface area contributed by atoms with Gasteiger partial charge >= 0.3 is 6.09 Å². The lowest BCUT2D eigenvalue weighted by atomic mass is 10.0. The van der Waals surface area contributed by atoms with E-state index in [1.807, 2.05) is 6.92 Å². The Labute approximate surface area is 187 Å². The van der Waals surface area contributed by atoms with Crippen molar-refractivity contribution in [2.45, 2.75) is 30.7 Å². The highest BCUT2D eigenvalue weighted by molar-refractivity contribution is 7.92. The van der Waals surface area contributed by atoms with Gasteiger partial charge in [0, 0.05) is 30.4 Å². The molecule has 3 rings (SSSR count). The molecule has 0 saturated carbocycles. The van der Waals surface area contributed by atoms with Crippen LogP contribution in [0.3, 0.4) is 0 Å². The summed E-state index contributed by atoms with van der Waals surface area (Å²) in [6.07, 6.45) is 0.809. The van der Waals surface area contributed by atoms with Gasteiger partial charge in [-0.05, 0) is 62.2 Å². The van der Waals surface area contributed by atoms with Crippen LogP contribution in [0.2, 0.25) is 0 Å². The van der Waals surface area contributed by atoms with Crippen LogP contribution in [0.1, 0.15) is 30.1 Å². The number of hydrogen-bond acceptors (Lipinski definition) is 6. The summed E-state index contributed by atoms with van der Waals surface area (Å²) in [6, 6.07) is 12.3. The Hall–Kier alpha value is -3.27. The van der Waals surface area contributed by atoms with Gasteiger partial charge in [0.05, 0.1) is 18.6 Å². The molecule has 2 amide bonds. The molecule has 32 heavy (non-hydrogen) atoms. The molecule has 10 heteroatoms. The first-order chi connectivity index (χ1) is 15.3. The van der Waals surface area contributed by atoms with Crippen molar-refractivity contribution < 1.29 is 27.5 Å². The van der Waals surface area contributed by atoms with Gasteiger partial charge in [-0.25, -0.2) is 13.2 Å². The summed E-state index contributed by atoms with van der Waals surface area (Å²) in [5, 5.41) is 2.91. The van der Waals surface area contributed by atoms with Crippen molar-refractivity contribution in [2.24, 2.45) is 0 Å². The van der Waals surface area contributed by atoms with Gasteiger partial charge in [-0.3, -0.25) is 9.52 Å². The minimum Gasteiger partial charge on any atom is -0.494 e. The number of nitrogens with zero attached hydrogens (tertiary/aromatic N) is 1. The normalized spacial score (nSPS) is 14.5. The first-order valence-corrected chi connectivity index (χ1v) is 11.8. The van der Waals surface area contributed by atoms with E-state index >= 15 is 0 Å². The Morgan fingerprint density at radius 2 is 1.78 bits per heavy atom. The number of anilines is 1. The zero-order valence-corrected chi connectivity index (χ0v) is 18.9. The highest BCUT2D eigenvalue weighted by Crippen LogP contribution is 2.20. The van der Waals surface area contributed by atoms with E-state index in [4.69, 9.17) is 9.47 Å². The summed E-state index contributed by atoms with van der Waals surface area (Å²) < 4.78 is 38.1. The van der Waals surface area contributed by atoms with Gasteiger partial charge in [0.1, 0.15) is 5.75 Å². The molecule has 1 heterocycles. The van der Waals surface area contributed by atoms with E-state index in [1.165, 1.54) is 25.3 Å². The maximum Gasteiger partial charge on any atom is 0.409 e. The summed E-state index contributed by atoms with van der Waals surface area (Å²) in [5.74, 6) is 0.283. The zero-order valence-electron chi connectivity index (χ0n) is 18.0. The van der Waals surface area contributed by atoms with E-state index in [9.17, 15) is 18.0 Å². The van der Waals surface area contributed by atoms with Gasteiger partial charge in [-0.15, -0.1) is 0 Å². The van der Waals surface area contributed by atoms with Crippen LogP contribution in [0.5, 0.6) is 5.75 Å². The van der Waals surface area contributed by atoms with E-state index in [2.05, 4.69) is 10.0 Å². The van der Waals surface area contributed by atoms with Gasteiger partial charge in [0.15, 0.2) is 0 Å². The molecule has 1 fully saturated rings. The summed E-state index contributed by atoms with van der Waals surface area (Å²) in [5.41, 5.74) is 0.635. The Kier molecular flexibility index (Phi) is 7.57. The van der Waals surface area contributed by atoms with E-state index in [0.29, 0.717) is 44.0 Å². The molecule has 0 aromatic heterocycles. The van der Waals surface area contributed by atoms with Gasteiger partial charge < -0.3 is 19.7 Å². The summed E-state index contributed by atoms with van der Waals surface area (Å²) in [7, 11) is -2.54. The van der Waals surface area contributed by atoms with Gasteiger partial charge in [-0.2, -0.15) is 0 Å². The molecule has 0 aliphatic carbocycles. The minimum atomic E-state index is -3.88. The fourth-order valence-electron chi connectivity index (χ4n) is 3.41. The van der Waals surface area contributed by atoms with Crippen LogP contribution >= 0.6 is 0 Å². The summed E-state index contributed by atoms with van der Waals surface area (Å²) >= 11 is 0. The minimum absolute atomic E-state index is 0.0143. The van der Waals surface area contributed by atoms with Crippen LogP contribution in [-0.2, 0) is 14.8 Å². The van der Waals surface area contributed by atoms with Crippen LogP contribution in [0.15, 0.2) is 53.4 Å². The van der Waals surface area contributed by atoms with Crippen molar-refractivity contribution in [2.75, 3.05) is 31.5 Å². The van der Waals surface area contributed by atoms with Crippen LogP contribution in [0.25, 0.3) is 0 Å². The van der Waals surface area contributed by atoms with Crippen LogP contribution in [0.4, 0.5) is 10.5 Å². The topological polar surface area (TPSA) is 114 Å². The number of sulfonamides is 1. The third-order valence-electron chi connectivity index (χ3n) is 5.09. The Morgan fingerprint density at radius 1 is 1.09 bits per heavy atom. The molecule has 1 aliphatic heterocycles. The highest BCUT2D eigenvalue weighted by atomic mass is 32.2. The average molecular weight is 462 g/mol. The molecule has 0 bridgehead atoms. The number of methoxy groups -OCH3 is 1. The predicted octanol–water partition coefficient (Wildman–Crippen LogP) is 2.85. The predicted molar refractivity (Wildman–Crippen MR) is 119 cm³/mol. The first kappa shape index (κ1) is 23.4. The van der Waals surface area contributed by atoms with Crippen molar-refractivity contribution in [3.05, 3.63) is 54.1 Å². The summed E-state index contributed by atoms with van der Waals surface area (Å²) in [6.45, 7) is 3.35. The number of likely N-dealkylation sites (tertiary alicyclic amines) is 1. The second kappa shape index (κ2) is 10.4. The first-order valence-electron chi connectivity index (χ1n) is 10.3. The van der Waals surface area contributed by atoms with Crippen LogP contribution < -0.4 is 14.8 Å². The Balaban J connectivity index is 1.63. The van der Waals surface area contributed by atoms with Crippen molar-refractivity contribution in [3.8, 4) is 5.75 Å². The van der Waals surface area contributed by atoms with Crippen molar-refractivity contribution in [3.63, 3.8) is 0 Å². The van der Waals surface area contributed by atoms with E-state index in [1.54, 1.807) is 35.2 Å². The fraction of sp³-hybridized carbons (Fsp3) is 0.364. The molecule has 1 saturated heterocycles. The molecule has 172 valence electrons. The maximum atomic E-state index is 12.8. The molecule has 0 atom stereocenters. The standard InChI is InChI=1S/C22H27N3O6S/c1-3-31-19-9-7-18(8-10-19)24-32(28,29)20-6-4-5-16(15-20)21(26)23-17-11-13-25(14-12-17)22(27)30-2/h4-10,15,17,24H,3,11-14H2,1-2H3,(H,23,26). The fourth-order valence-corrected chi connectivity index (χ4v) is 4.51. The number of hydrogen-bond donors (Lipinski definition) is 2. The van der Waals surface area contributed by atoms with Gasteiger partial charge in [0.2, 0.25) is 0 Å². The number of nitrogens with one attached hydrogen (secondary N) is 2. The van der Waals surface area contributed by atoms with Gasteiger partial charge in [-0.1, -0.05) is 6.07 Å². The second-order valence-corrected chi connectivity index (χ2v) is 8.98. The number of ether oxygens (including phenoxy) is 2. The lowest BCUT2D eigenvalue weighted by molar-refractivity contribution is 0.0892. The van der Waals surface area contributed by atoms with E-state index in [0.717, 1.165) is 0 Å². The number of rotatable bonds is 7. The number of carbonyl (C=O) groups is 2. The molecule has 0 unspecified atom stereocenters. The molecule has 2 aromatic carbocycles. The Morgan fingerprint density at radius 3 is 2.41 bits per heavy atom. The monoisotopic (exact) mass is 461 g/mol. The lowest BCUT2D eigenvalue weighted by Gasteiger charge is -2.31. The SMILES string of the molecule is CCOc1ccc(NS(=O)(=O)c2cccc(C(=O)NC3CCN(C(=O)OC)CC3)c2)cc1. The smallest absolute Gasteiger partial charge is 0.409 e. The molecular formula is C22H27N3O6S.